The lowest BCUT2D eigenvalue weighted by Crippen LogP contribution is -2.41. The topological polar surface area (TPSA) is 3.24 Å². The SMILES string of the molecule is C=C(CCl)CN1CC(C)SC(C)C1. The van der Waals surface area contributed by atoms with Crippen LogP contribution < -0.4 is 0 Å². The molecule has 0 aliphatic carbocycles. The quantitative estimate of drug-likeness (QED) is 0.531. The van der Waals surface area contributed by atoms with Crippen LogP contribution in [0, 0.1) is 0 Å². The molecule has 0 saturated carbocycles. The van der Waals surface area contributed by atoms with Gasteiger partial charge in [0, 0.05) is 36.0 Å². The maximum absolute atomic E-state index is 5.71. The zero-order valence-corrected chi connectivity index (χ0v) is 10.00. The van der Waals surface area contributed by atoms with E-state index in [0.29, 0.717) is 5.88 Å². The number of thioether (sulfide) groups is 1. The predicted molar refractivity (Wildman–Crippen MR) is 62.8 cm³/mol. The van der Waals surface area contributed by atoms with Gasteiger partial charge >= 0.3 is 0 Å². The number of hydrogen-bond acceptors (Lipinski definition) is 2. The molecule has 0 aromatic rings. The van der Waals surface area contributed by atoms with Crippen LogP contribution in [0.3, 0.4) is 0 Å². The van der Waals surface area contributed by atoms with Crippen LogP contribution in [-0.4, -0.2) is 40.9 Å². The van der Waals surface area contributed by atoms with Crippen molar-refractivity contribution < 1.29 is 0 Å². The van der Waals surface area contributed by atoms with Crippen molar-refractivity contribution in [1.82, 2.24) is 4.90 Å². The lowest BCUT2D eigenvalue weighted by atomic mass is 10.2. The Kier molecular flexibility index (Phi) is 4.63. The molecule has 2 unspecified atom stereocenters. The van der Waals surface area contributed by atoms with Gasteiger partial charge in [0.2, 0.25) is 0 Å². The molecule has 1 aliphatic heterocycles. The van der Waals surface area contributed by atoms with Crippen LogP contribution in [0.25, 0.3) is 0 Å². The summed E-state index contributed by atoms with van der Waals surface area (Å²) in [6, 6.07) is 0. The average Bonchev–Trinajstić information content (AvgIpc) is 2.02. The van der Waals surface area contributed by atoms with E-state index in [0.717, 1.165) is 22.6 Å². The molecule has 0 radical (unpaired) electrons. The summed E-state index contributed by atoms with van der Waals surface area (Å²) in [7, 11) is 0. The molecule has 0 aromatic heterocycles. The predicted octanol–water partition coefficient (Wildman–Crippen LogP) is 2.61. The Balaban J connectivity index is 2.37. The molecular weight excluding hydrogens is 202 g/mol. The number of rotatable bonds is 3. The highest BCUT2D eigenvalue weighted by Crippen LogP contribution is 2.24. The summed E-state index contributed by atoms with van der Waals surface area (Å²) < 4.78 is 0. The minimum atomic E-state index is 0.590. The molecule has 13 heavy (non-hydrogen) atoms. The zero-order valence-electron chi connectivity index (χ0n) is 8.42. The van der Waals surface area contributed by atoms with Gasteiger partial charge in [-0.3, -0.25) is 4.90 Å². The van der Waals surface area contributed by atoms with E-state index in [1.165, 1.54) is 13.1 Å². The fraction of sp³-hybridized carbons (Fsp3) is 0.800. The molecule has 0 amide bonds. The Bertz CT molecular complexity index is 174. The Morgan fingerprint density at radius 2 is 2.00 bits per heavy atom. The molecule has 1 fully saturated rings. The Hall–Kier alpha value is 0.340. The highest BCUT2D eigenvalue weighted by atomic mass is 35.5. The Morgan fingerprint density at radius 1 is 1.46 bits per heavy atom. The smallest absolute Gasteiger partial charge is 0.0443 e. The third-order valence-electron chi connectivity index (χ3n) is 2.13. The second kappa shape index (κ2) is 5.28. The van der Waals surface area contributed by atoms with Gasteiger partial charge in [0.25, 0.3) is 0 Å². The van der Waals surface area contributed by atoms with Crippen LogP contribution in [0.1, 0.15) is 13.8 Å². The van der Waals surface area contributed by atoms with Crippen molar-refractivity contribution in [1.29, 1.82) is 0 Å². The first-order valence-corrected chi connectivity index (χ1v) is 6.20. The molecule has 1 saturated heterocycles. The van der Waals surface area contributed by atoms with E-state index in [9.17, 15) is 0 Å². The van der Waals surface area contributed by atoms with E-state index >= 15 is 0 Å². The molecule has 0 spiro atoms. The lowest BCUT2D eigenvalue weighted by Gasteiger charge is -2.34. The number of halogens is 1. The van der Waals surface area contributed by atoms with Crippen molar-refractivity contribution in [2.45, 2.75) is 24.3 Å². The standard InChI is InChI=1S/C10H18ClNS/c1-8(4-11)5-12-6-9(2)13-10(3)7-12/h9-10H,1,4-7H2,2-3H3. The highest BCUT2D eigenvalue weighted by molar-refractivity contribution is 8.00. The molecule has 0 aromatic carbocycles. The van der Waals surface area contributed by atoms with Crippen LogP contribution in [0.15, 0.2) is 12.2 Å². The van der Waals surface area contributed by atoms with Gasteiger partial charge in [-0.05, 0) is 5.57 Å². The molecule has 1 aliphatic rings. The van der Waals surface area contributed by atoms with Crippen LogP contribution in [0.4, 0.5) is 0 Å². The van der Waals surface area contributed by atoms with Gasteiger partial charge in [0.05, 0.1) is 0 Å². The largest absolute Gasteiger partial charge is 0.297 e. The van der Waals surface area contributed by atoms with Gasteiger partial charge in [0.15, 0.2) is 0 Å². The summed E-state index contributed by atoms with van der Waals surface area (Å²) in [6.07, 6.45) is 0. The maximum Gasteiger partial charge on any atom is 0.0443 e. The molecule has 0 bridgehead atoms. The van der Waals surface area contributed by atoms with E-state index < -0.39 is 0 Å². The second-order valence-electron chi connectivity index (χ2n) is 3.84. The lowest BCUT2D eigenvalue weighted by molar-refractivity contribution is 0.293. The van der Waals surface area contributed by atoms with E-state index in [2.05, 4.69) is 37.1 Å². The maximum atomic E-state index is 5.71. The third kappa shape index (κ3) is 3.92. The first-order valence-electron chi connectivity index (χ1n) is 4.72. The van der Waals surface area contributed by atoms with Crippen LogP contribution >= 0.6 is 23.4 Å². The van der Waals surface area contributed by atoms with Crippen molar-refractivity contribution in [3.8, 4) is 0 Å². The summed E-state index contributed by atoms with van der Waals surface area (Å²) in [5, 5.41) is 1.48. The zero-order chi connectivity index (χ0) is 9.84. The van der Waals surface area contributed by atoms with Crippen molar-refractivity contribution in [3.63, 3.8) is 0 Å². The van der Waals surface area contributed by atoms with Crippen LogP contribution in [0.5, 0.6) is 0 Å². The van der Waals surface area contributed by atoms with E-state index in [4.69, 9.17) is 11.6 Å². The summed E-state index contributed by atoms with van der Waals surface area (Å²) in [6.45, 7) is 11.8. The highest BCUT2D eigenvalue weighted by Gasteiger charge is 2.21. The van der Waals surface area contributed by atoms with Crippen molar-refractivity contribution in [3.05, 3.63) is 12.2 Å². The van der Waals surface area contributed by atoms with Gasteiger partial charge in [-0.1, -0.05) is 20.4 Å². The summed E-state index contributed by atoms with van der Waals surface area (Å²) in [5.74, 6) is 0.590. The van der Waals surface area contributed by atoms with Crippen LogP contribution in [-0.2, 0) is 0 Å². The van der Waals surface area contributed by atoms with Crippen molar-refractivity contribution in [2.75, 3.05) is 25.5 Å². The fourth-order valence-corrected chi connectivity index (χ4v) is 3.24. The Labute approximate surface area is 90.5 Å². The minimum absolute atomic E-state index is 0.590. The van der Waals surface area contributed by atoms with Crippen molar-refractivity contribution in [2.24, 2.45) is 0 Å². The van der Waals surface area contributed by atoms with E-state index in [1.54, 1.807) is 0 Å². The van der Waals surface area contributed by atoms with Gasteiger partial charge < -0.3 is 0 Å². The summed E-state index contributed by atoms with van der Waals surface area (Å²) in [4.78, 5) is 2.45. The van der Waals surface area contributed by atoms with Crippen LogP contribution in [0.2, 0.25) is 0 Å². The average molecular weight is 220 g/mol. The third-order valence-corrected chi connectivity index (χ3v) is 3.74. The van der Waals surface area contributed by atoms with E-state index in [-0.39, 0.29) is 0 Å². The van der Waals surface area contributed by atoms with Gasteiger partial charge in [0.1, 0.15) is 0 Å². The van der Waals surface area contributed by atoms with Gasteiger partial charge in [-0.2, -0.15) is 11.8 Å². The molecule has 1 rings (SSSR count). The van der Waals surface area contributed by atoms with Gasteiger partial charge in [-0.15, -0.1) is 11.6 Å². The second-order valence-corrected chi connectivity index (χ2v) is 5.98. The molecule has 2 atom stereocenters. The van der Waals surface area contributed by atoms with Gasteiger partial charge in [-0.25, -0.2) is 0 Å². The number of nitrogens with zero attached hydrogens (tertiary/aromatic N) is 1. The van der Waals surface area contributed by atoms with Crippen molar-refractivity contribution >= 4 is 23.4 Å². The monoisotopic (exact) mass is 219 g/mol. The number of alkyl halides is 1. The summed E-state index contributed by atoms with van der Waals surface area (Å²) >= 11 is 7.79. The molecule has 1 nitrogen and oxygen atoms in total. The fourth-order valence-electron chi connectivity index (χ4n) is 1.77. The normalized spacial score (nSPS) is 30.4. The molecule has 3 heteroatoms. The first-order chi connectivity index (χ1) is 6.11. The first kappa shape index (κ1) is 11.4. The molecule has 0 N–H and O–H groups in total. The summed E-state index contributed by atoms with van der Waals surface area (Å²) in [5.41, 5.74) is 1.13. The minimum Gasteiger partial charge on any atom is -0.297 e. The number of hydrogen-bond donors (Lipinski definition) is 0. The molecule has 1 heterocycles. The van der Waals surface area contributed by atoms with E-state index in [1.807, 2.05) is 0 Å². The molecule has 76 valence electrons. The Morgan fingerprint density at radius 3 is 2.46 bits per heavy atom. The molecular formula is C10H18ClNS.